The van der Waals surface area contributed by atoms with Gasteiger partial charge in [0.25, 0.3) is 0 Å². The molecule has 1 aromatic carbocycles. The maximum atomic E-state index is 13.7. The van der Waals surface area contributed by atoms with E-state index in [1.54, 1.807) is 6.92 Å². The summed E-state index contributed by atoms with van der Waals surface area (Å²) in [4.78, 5) is 12.1. The number of halogens is 2. The first-order valence-electron chi connectivity index (χ1n) is 7.25. The normalized spacial score (nSPS) is 20.0. The maximum absolute atomic E-state index is 13.7. The highest BCUT2D eigenvalue weighted by atomic mass is 35.5. The van der Waals surface area contributed by atoms with Gasteiger partial charge in [-0.2, -0.15) is 14.6 Å². The fourth-order valence-corrected chi connectivity index (χ4v) is 2.73. The van der Waals surface area contributed by atoms with E-state index in [1.807, 2.05) is 24.3 Å². The van der Waals surface area contributed by atoms with Gasteiger partial charge >= 0.3 is 0 Å². The van der Waals surface area contributed by atoms with E-state index >= 15 is 0 Å². The molecule has 1 aliphatic rings. The lowest BCUT2D eigenvalue weighted by molar-refractivity contribution is -0.122. The largest absolute Gasteiger partial charge is 0.273 e. The highest BCUT2D eigenvalue weighted by molar-refractivity contribution is 6.30. The van der Waals surface area contributed by atoms with Crippen LogP contribution in [0.2, 0.25) is 5.02 Å². The Morgan fingerprint density at radius 3 is 2.78 bits per heavy atom. The lowest BCUT2D eigenvalue weighted by Crippen LogP contribution is -2.20. The first kappa shape index (κ1) is 15.7. The van der Waals surface area contributed by atoms with E-state index < -0.39 is 5.95 Å². The molecule has 7 heteroatoms. The highest BCUT2D eigenvalue weighted by Crippen LogP contribution is 2.47. The molecule has 0 spiro atoms. The number of hydrogen-bond acceptors (Lipinski definition) is 3. The van der Waals surface area contributed by atoms with Crippen molar-refractivity contribution in [1.29, 1.82) is 0 Å². The van der Waals surface area contributed by atoms with E-state index in [-0.39, 0.29) is 23.3 Å². The molecule has 0 saturated heterocycles. The molecule has 23 heavy (non-hydrogen) atoms. The molecule has 3 rings (SSSR count). The molecule has 0 radical (unpaired) electrons. The molecule has 2 aromatic rings. The van der Waals surface area contributed by atoms with Crippen molar-refractivity contribution in [2.75, 3.05) is 0 Å². The van der Waals surface area contributed by atoms with Gasteiger partial charge in [0.1, 0.15) is 0 Å². The van der Waals surface area contributed by atoms with Crippen LogP contribution in [0.1, 0.15) is 29.2 Å². The second kappa shape index (κ2) is 6.12. The monoisotopic (exact) mass is 334 g/mol. The Hall–Kier alpha value is -2.21. The van der Waals surface area contributed by atoms with Crippen molar-refractivity contribution < 1.29 is 9.18 Å². The standard InChI is InChI=1S/C16H16ClFN4O/c1-9-14(15(18)22(2)21-9)8-19-20-16(23)13-7-12(13)10-3-5-11(17)6-4-10/h3-6,8,12-13H,7H2,1-2H3,(H,20,23)/b19-8-/t12-,13-/m1/s1. The average Bonchev–Trinajstić information content (AvgIpc) is 3.27. The average molecular weight is 335 g/mol. The number of aryl methyl sites for hydroxylation is 2. The number of aromatic nitrogens is 2. The molecule has 2 atom stereocenters. The Labute approximate surface area is 138 Å². The highest BCUT2D eigenvalue weighted by Gasteiger charge is 2.43. The van der Waals surface area contributed by atoms with Gasteiger partial charge in [-0.25, -0.2) is 10.1 Å². The summed E-state index contributed by atoms with van der Waals surface area (Å²) in [6.07, 6.45) is 2.07. The van der Waals surface area contributed by atoms with Crippen molar-refractivity contribution >= 4 is 23.7 Å². The van der Waals surface area contributed by atoms with Crippen LogP contribution in [0.15, 0.2) is 29.4 Å². The van der Waals surface area contributed by atoms with Crippen molar-refractivity contribution in [3.05, 3.63) is 52.1 Å². The van der Waals surface area contributed by atoms with Gasteiger partial charge < -0.3 is 0 Å². The van der Waals surface area contributed by atoms with Gasteiger partial charge in [0, 0.05) is 18.0 Å². The smallest absolute Gasteiger partial charge is 0.243 e. The van der Waals surface area contributed by atoms with Crippen LogP contribution >= 0.6 is 11.6 Å². The van der Waals surface area contributed by atoms with Gasteiger partial charge in [-0.15, -0.1) is 0 Å². The fraction of sp³-hybridized carbons (Fsp3) is 0.312. The Kier molecular flexibility index (Phi) is 4.17. The van der Waals surface area contributed by atoms with E-state index in [2.05, 4.69) is 15.6 Å². The molecule has 1 heterocycles. The summed E-state index contributed by atoms with van der Waals surface area (Å²) in [5.41, 5.74) is 4.36. The number of amides is 1. The van der Waals surface area contributed by atoms with Crippen LogP contribution in [0.5, 0.6) is 0 Å². The number of rotatable bonds is 4. The number of nitrogens with zero attached hydrogens (tertiary/aromatic N) is 3. The molecule has 1 amide bonds. The summed E-state index contributed by atoms with van der Waals surface area (Å²) in [7, 11) is 1.51. The molecule has 0 aliphatic heterocycles. The Balaban J connectivity index is 1.58. The lowest BCUT2D eigenvalue weighted by atomic mass is 10.1. The molecule has 5 nitrogen and oxygen atoms in total. The second-order valence-electron chi connectivity index (χ2n) is 5.65. The van der Waals surface area contributed by atoms with Crippen molar-refractivity contribution in [2.45, 2.75) is 19.3 Å². The van der Waals surface area contributed by atoms with Gasteiger partial charge in [-0.1, -0.05) is 23.7 Å². The van der Waals surface area contributed by atoms with E-state index in [0.29, 0.717) is 10.7 Å². The van der Waals surface area contributed by atoms with Crippen LogP contribution in [0, 0.1) is 18.8 Å². The molecule has 120 valence electrons. The Bertz CT molecular complexity index is 769. The van der Waals surface area contributed by atoms with Crippen molar-refractivity contribution in [3.8, 4) is 0 Å². The van der Waals surface area contributed by atoms with E-state index in [4.69, 9.17) is 11.6 Å². The van der Waals surface area contributed by atoms with Crippen LogP contribution < -0.4 is 5.43 Å². The minimum absolute atomic E-state index is 0.104. The number of benzene rings is 1. The van der Waals surface area contributed by atoms with Gasteiger partial charge in [0.15, 0.2) is 0 Å². The third-order valence-electron chi connectivity index (χ3n) is 3.99. The SMILES string of the molecule is Cc1nn(C)c(F)c1/C=N\NC(=O)[C@@H]1C[C@@H]1c1ccc(Cl)cc1. The van der Waals surface area contributed by atoms with Gasteiger partial charge in [-0.05, 0) is 37.0 Å². The molecule has 1 fully saturated rings. The zero-order chi connectivity index (χ0) is 16.6. The van der Waals surface area contributed by atoms with E-state index in [1.165, 1.54) is 13.3 Å². The van der Waals surface area contributed by atoms with Gasteiger partial charge in [0.2, 0.25) is 11.9 Å². The Morgan fingerprint density at radius 2 is 2.17 bits per heavy atom. The predicted molar refractivity (Wildman–Crippen MR) is 85.9 cm³/mol. The predicted octanol–water partition coefficient (Wildman–Crippen LogP) is 2.77. The topological polar surface area (TPSA) is 59.3 Å². The quantitative estimate of drug-likeness (QED) is 0.690. The zero-order valence-electron chi connectivity index (χ0n) is 12.8. The van der Waals surface area contributed by atoms with Crippen LogP contribution in [0.4, 0.5) is 4.39 Å². The summed E-state index contributed by atoms with van der Waals surface area (Å²) >= 11 is 5.85. The van der Waals surface area contributed by atoms with Crippen LogP contribution in [-0.2, 0) is 11.8 Å². The fourth-order valence-electron chi connectivity index (χ4n) is 2.60. The number of hydrazone groups is 1. The minimum atomic E-state index is -0.481. The summed E-state index contributed by atoms with van der Waals surface area (Å²) in [5.74, 6) is -0.554. The molecule has 0 bridgehead atoms. The van der Waals surface area contributed by atoms with Crippen molar-refractivity contribution in [1.82, 2.24) is 15.2 Å². The van der Waals surface area contributed by atoms with Crippen LogP contribution in [0.3, 0.4) is 0 Å². The Morgan fingerprint density at radius 1 is 1.48 bits per heavy atom. The minimum Gasteiger partial charge on any atom is -0.273 e. The van der Waals surface area contributed by atoms with Gasteiger partial charge in [-0.3, -0.25) is 4.79 Å². The van der Waals surface area contributed by atoms with E-state index in [9.17, 15) is 9.18 Å². The number of carbonyl (C=O) groups is 1. The summed E-state index contributed by atoms with van der Waals surface area (Å²) in [6.45, 7) is 1.68. The number of nitrogens with one attached hydrogen (secondary N) is 1. The molecule has 1 saturated carbocycles. The lowest BCUT2D eigenvalue weighted by Gasteiger charge is -2.00. The number of hydrogen-bond donors (Lipinski definition) is 1. The summed E-state index contributed by atoms with van der Waals surface area (Å²) < 4.78 is 14.9. The zero-order valence-corrected chi connectivity index (χ0v) is 13.5. The van der Waals surface area contributed by atoms with Crippen molar-refractivity contribution in [3.63, 3.8) is 0 Å². The maximum Gasteiger partial charge on any atom is 0.243 e. The van der Waals surface area contributed by atoms with Gasteiger partial charge in [0.05, 0.1) is 17.5 Å². The molecule has 0 unspecified atom stereocenters. The third kappa shape index (κ3) is 3.27. The van der Waals surface area contributed by atoms with Crippen molar-refractivity contribution in [2.24, 2.45) is 18.1 Å². The molecule has 1 aliphatic carbocycles. The molecule has 1 N–H and O–H groups in total. The first-order valence-corrected chi connectivity index (χ1v) is 7.62. The summed E-state index contributed by atoms with van der Waals surface area (Å²) in [5, 5.41) is 8.46. The number of carbonyl (C=O) groups excluding carboxylic acids is 1. The second-order valence-corrected chi connectivity index (χ2v) is 6.08. The van der Waals surface area contributed by atoms with Crippen LogP contribution in [-0.4, -0.2) is 21.9 Å². The van der Waals surface area contributed by atoms with E-state index in [0.717, 1.165) is 16.7 Å². The summed E-state index contributed by atoms with van der Waals surface area (Å²) in [6, 6.07) is 7.49. The van der Waals surface area contributed by atoms with Crippen LogP contribution in [0.25, 0.3) is 0 Å². The molecular formula is C16H16ClFN4O. The molecule has 1 aromatic heterocycles. The third-order valence-corrected chi connectivity index (χ3v) is 4.24. The first-order chi connectivity index (χ1) is 11.0. The molecular weight excluding hydrogens is 319 g/mol.